The van der Waals surface area contributed by atoms with Gasteiger partial charge < -0.3 is 9.47 Å². The summed E-state index contributed by atoms with van der Waals surface area (Å²) in [6, 6.07) is 13.2. The number of amides is 2. The molecule has 6 atom stereocenters. The fraction of sp³-hybridized carbons (Fsp3) is 0.348. The molecule has 5 rings (SSSR count). The number of hydrogen-bond acceptors (Lipinski definition) is 5. The first-order valence-electron chi connectivity index (χ1n) is 10.0. The van der Waals surface area contributed by atoms with E-state index in [0.29, 0.717) is 22.7 Å². The van der Waals surface area contributed by atoms with Crippen LogP contribution in [-0.2, 0) is 9.59 Å². The first kappa shape index (κ1) is 20.7. The zero-order valence-corrected chi connectivity index (χ0v) is 19.7. The van der Waals surface area contributed by atoms with Crippen LogP contribution in [0.3, 0.4) is 0 Å². The van der Waals surface area contributed by atoms with Crippen LogP contribution >= 0.6 is 31.9 Å². The average molecular weight is 549 g/mol. The maximum absolute atomic E-state index is 13.1. The van der Waals surface area contributed by atoms with E-state index in [9.17, 15) is 14.4 Å². The van der Waals surface area contributed by atoms with Crippen molar-refractivity contribution in [2.45, 2.75) is 16.1 Å². The maximum atomic E-state index is 13.1. The Morgan fingerprint density at radius 2 is 1.55 bits per heavy atom. The van der Waals surface area contributed by atoms with Crippen molar-refractivity contribution in [1.82, 2.24) is 0 Å². The van der Waals surface area contributed by atoms with Crippen LogP contribution in [0.15, 0.2) is 48.5 Å². The van der Waals surface area contributed by atoms with Crippen LogP contribution < -0.4 is 14.4 Å². The molecule has 0 N–H and O–H groups in total. The molecule has 2 amide bonds. The number of imide groups is 1. The number of carbonyl (C=O) groups excluding carboxylic acids is 3. The summed E-state index contributed by atoms with van der Waals surface area (Å²) in [6.07, 6.45) is 0.894. The predicted octanol–water partition coefficient (Wildman–Crippen LogP) is 4.20. The highest BCUT2D eigenvalue weighted by Gasteiger charge is 2.66. The Hall–Kier alpha value is -2.19. The molecule has 31 heavy (non-hydrogen) atoms. The molecule has 3 aliphatic rings. The Kier molecular flexibility index (Phi) is 5.17. The number of halogens is 2. The minimum Gasteiger partial charge on any atom is -0.497 e. The Labute approximate surface area is 196 Å². The second kappa shape index (κ2) is 7.74. The summed E-state index contributed by atoms with van der Waals surface area (Å²) in [5, 5.41) is 0. The van der Waals surface area contributed by atoms with Crippen molar-refractivity contribution in [1.29, 1.82) is 0 Å². The van der Waals surface area contributed by atoms with Gasteiger partial charge >= 0.3 is 5.97 Å². The number of esters is 1. The van der Waals surface area contributed by atoms with Crippen LogP contribution in [0.1, 0.15) is 16.8 Å². The number of fused-ring (bicyclic) bond motifs is 5. The van der Waals surface area contributed by atoms with E-state index in [4.69, 9.17) is 9.47 Å². The number of nitrogens with zero attached hydrogens (tertiary/aromatic N) is 1. The molecule has 0 aromatic heterocycles. The molecule has 1 aliphatic heterocycles. The standard InChI is InChI=1S/C23H19Br2NO5/c1-30-14-4-2-3-11(9-14)23(29)31-13-7-5-12(6-8-13)26-21(27)17-15-10-16(18(17)22(26)28)20(25)19(15)24/h2-9,15-20H,10H2,1H3/t15-,16-,17-,18-,19+,20+/m1/s1. The summed E-state index contributed by atoms with van der Waals surface area (Å²) in [6.45, 7) is 0. The third-order valence-electron chi connectivity index (χ3n) is 6.60. The van der Waals surface area contributed by atoms with E-state index in [2.05, 4.69) is 31.9 Å². The highest BCUT2D eigenvalue weighted by Crippen LogP contribution is 2.60. The van der Waals surface area contributed by atoms with Gasteiger partial charge in [-0.1, -0.05) is 37.9 Å². The molecule has 0 unspecified atom stereocenters. The summed E-state index contributed by atoms with van der Waals surface area (Å²) in [5.41, 5.74) is 0.868. The number of benzene rings is 2. The van der Waals surface area contributed by atoms with E-state index in [0.717, 1.165) is 6.42 Å². The van der Waals surface area contributed by atoms with E-state index in [1.807, 2.05) is 0 Å². The van der Waals surface area contributed by atoms with Crippen molar-refractivity contribution >= 4 is 55.3 Å². The Bertz CT molecular complexity index is 1040. The Morgan fingerprint density at radius 3 is 2.13 bits per heavy atom. The maximum Gasteiger partial charge on any atom is 0.343 e. The van der Waals surface area contributed by atoms with Crippen molar-refractivity contribution in [2.24, 2.45) is 23.7 Å². The molecule has 2 saturated carbocycles. The fourth-order valence-electron chi connectivity index (χ4n) is 5.18. The van der Waals surface area contributed by atoms with Gasteiger partial charge in [-0.05, 0) is 60.7 Å². The van der Waals surface area contributed by atoms with Crippen molar-refractivity contribution < 1.29 is 23.9 Å². The third kappa shape index (κ3) is 3.22. The van der Waals surface area contributed by atoms with Crippen LogP contribution in [0.25, 0.3) is 0 Å². The van der Waals surface area contributed by atoms with E-state index in [1.54, 1.807) is 48.5 Å². The molecule has 3 fully saturated rings. The van der Waals surface area contributed by atoms with Crippen molar-refractivity contribution in [3.63, 3.8) is 0 Å². The first-order chi connectivity index (χ1) is 14.9. The molecule has 2 aromatic carbocycles. The number of rotatable bonds is 4. The van der Waals surface area contributed by atoms with Crippen molar-refractivity contribution in [3.8, 4) is 11.5 Å². The lowest BCUT2D eigenvalue weighted by molar-refractivity contribution is -0.123. The van der Waals surface area contributed by atoms with Gasteiger partial charge in [0.1, 0.15) is 11.5 Å². The van der Waals surface area contributed by atoms with Gasteiger partial charge in [0.2, 0.25) is 11.8 Å². The van der Waals surface area contributed by atoms with Crippen LogP contribution in [0, 0.1) is 23.7 Å². The van der Waals surface area contributed by atoms with Gasteiger partial charge in [0.15, 0.2) is 0 Å². The van der Waals surface area contributed by atoms with Gasteiger partial charge in [-0.15, -0.1) is 0 Å². The summed E-state index contributed by atoms with van der Waals surface area (Å²) >= 11 is 7.39. The van der Waals surface area contributed by atoms with E-state index in [-0.39, 0.29) is 45.1 Å². The largest absolute Gasteiger partial charge is 0.497 e. The molecule has 0 spiro atoms. The quantitative estimate of drug-likeness (QED) is 0.248. The van der Waals surface area contributed by atoms with E-state index >= 15 is 0 Å². The molecule has 2 aromatic rings. The lowest BCUT2D eigenvalue weighted by atomic mass is 9.81. The van der Waals surface area contributed by atoms with E-state index < -0.39 is 5.97 Å². The highest BCUT2D eigenvalue weighted by molar-refractivity contribution is 9.12. The molecule has 0 radical (unpaired) electrons. The minimum atomic E-state index is -0.516. The second-order valence-electron chi connectivity index (χ2n) is 8.13. The predicted molar refractivity (Wildman–Crippen MR) is 121 cm³/mol. The number of carbonyl (C=O) groups is 3. The zero-order chi connectivity index (χ0) is 21.9. The van der Waals surface area contributed by atoms with Gasteiger partial charge in [0.25, 0.3) is 0 Å². The third-order valence-corrected chi connectivity index (χ3v) is 9.80. The molecular formula is C23H19Br2NO5. The SMILES string of the molecule is COc1cccc(C(=O)Oc2ccc(N3C(=O)[C@@H]4[C@H]5C[C@@H]([C@H](Br)[C@H]5Br)[C@H]4C3=O)cc2)c1. The van der Waals surface area contributed by atoms with Crippen LogP contribution in [0.4, 0.5) is 5.69 Å². The number of alkyl halides is 2. The molecule has 1 heterocycles. The van der Waals surface area contributed by atoms with E-state index in [1.165, 1.54) is 12.0 Å². The monoisotopic (exact) mass is 547 g/mol. The van der Waals surface area contributed by atoms with Gasteiger partial charge in [-0.2, -0.15) is 0 Å². The first-order valence-corrected chi connectivity index (χ1v) is 11.9. The minimum absolute atomic E-state index is 0.132. The summed E-state index contributed by atoms with van der Waals surface area (Å²) in [7, 11) is 1.53. The summed E-state index contributed by atoms with van der Waals surface area (Å²) in [4.78, 5) is 40.3. The Morgan fingerprint density at radius 1 is 0.935 bits per heavy atom. The van der Waals surface area contributed by atoms with Crippen molar-refractivity contribution in [2.75, 3.05) is 12.0 Å². The van der Waals surface area contributed by atoms with Crippen LogP contribution in [0.5, 0.6) is 11.5 Å². The smallest absolute Gasteiger partial charge is 0.343 e. The van der Waals surface area contributed by atoms with Gasteiger partial charge in [0, 0.05) is 9.65 Å². The average Bonchev–Trinajstić information content (AvgIpc) is 3.39. The molecule has 2 aliphatic carbocycles. The number of hydrogen-bond donors (Lipinski definition) is 0. The molecule has 160 valence electrons. The van der Waals surface area contributed by atoms with Crippen LogP contribution in [0.2, 0.25) is 0 Å². The fourth-order valence-corrected chi connectivity index (χ4v) is 7.06. The molecule has 2 bridgehead atoms. The number of anilines is 1. The normalized spacial score (nSPS) is 31.1. The molecule has 8 heteroatoms. The lowest BCUT2D eigenvalue weighted by Gasteiger charge is -2.28. The topological polar surface area (TPSA) is 72.9 Å². The zero-order valence-electron chi connectivity index (χ0n) is 16.5. The van der Waals surface area contributed by atoms with Gasteiger partial charge in [-0.3, -0.25) is 14.5 Å². The van der Waals surface area contributed by atoms with Gasteiger partial charge in [-0.25, -0.2) is 4.79 Å². The van der Waals surface area contributed by atoms with Crippen LogP contribution in [-0.4, -0.2) is 34.5 Å². The summed E-state index contributed by atoms with van der Waals surface area (Å²) in [5.74, 6) is -0.0724. The van der Waals surface area contributed by atoms with Gasteiger partial charge in [0.05, 0.1) is 30.2 Å². The number of methoxy groups -OCH3 is 1. The molecule has 1 saturated heterocycles. The second-order valence-corrected chi connectivity index (χ2v) is 10.2. The molecule has 6 nitrogen and oxygen atoms in total. The number of ether oxygens (including phenoxy) is 2. The summed E-state index contributed by atoms with van der Waals surface area (Å²) < 4.78 is 10.6. The highest BCUT2D eigenvalue weighted by atomic mass is 79.9. The Balaban J connectivity index is 1.33. The molecular weight excluding hydrogens is 530 g/mol. The lowest BCUT2D eigenvalue weighted by Crippen LogP contribution is -2.37. The van der Waals surface area contributed by atoms with Crippen molar-refractivity contribution in [3.05, 3.63) is 54.1 Å².